The van der Waals surface area contributed by atoms with Crippen LogP contribution in [0, 0.1) is 5.92 Å². The van der Waals surface area contributed by atoms with Gasteiger partial charge in [-0.3, -0.25) is 4.79 Å². The van der Waals surface area contributed by atoms with Crippen molar-refractivity contribution in [1.82, 2.24) is 4.90 Å². The number of nitrogens with two attached hydrogens (primary N) is 1. The Balaban J connectivity index is 2.40. The minimum atomic E-state index is 0.0180. The van der Waals surface area contributed by atoms with Crippen LogP contribution in [0.3, 0.4) is 0 Å². The van der Waals surface area contributed by atoms with Crippen LogP contribution in [0.4, 0.5) is 5.69 Å². The van der Waals surface area contributed by atoms with Crippen LogP contribution in [0.5, 0.6) is 0 Å². The molecule has 0 saturated carbocycles. The lowest BCUT2D eigenvalue weighted by molar-refractivity contribution is 0.0747. The molecule has 2 N–H and O–H groups in total. The summed E-state index contributed by atoms with van der Waals surface area (Å²) in [6, 6.07) is 11.7. The van der Waals surface area contributed by atoms with E-state index in [0.717, 1.165) is 17.3 Å². The number of carbonyl (C=O) groups is 1. The molecular formula is C17H22N2O. The van der Waals surface area contributed by atoms with Gasteiger partial charge in [0.15, 0.2) is 0 Å². The number of carbonyl (C=O) groups excluding carboxylic acids is 1. The van der Waals surface area contributed by atoms with Crippen LogP contribution in [0.15, 0.2) is 36.4 Å². The average molecular weight is 270 g/mol. The van der Waals surface area contributed by atoms with Gasteiger partial charge >= 0.3 is 0 Å². The van der Waals surface area contributed by atoms with Crippen LogP contribution in [0.1, 0.15) is 31.1 Å². The Labute approximate surface area is 120 Å². The molecule has 2 rings (SSSR count). The van der Waals surface area contributed by atoms with Crippen molar-refractivity contribution in [3.8, 4) is 0 Å². The van der Waals surface area contributed by atoms with Gasteiger partial charge in [-0.1, -0.05) is 38.1 Å². The maximum absolute atomic E-state index is 12.6. The van der Waals surface area contributed by atoms with E-state index >= 15 is 0 Å². The van der Waals surface area contributed by atoms with Gasteiger partial charge in [0.2, 0.25) is 0 Å². The number of nitrogens with zero attached hydrogens (tertiary/aromatic N) is 1. The largest absolute Gasteiger partial charge is 0.398 e. The summed E-state index contributed by atoms with van der Waals surface area (Å²) in [5, 5.41) is 2.11. The highest BCUT2D eigenvalue weighted by Gasteiger charge is 2.18. The van der Waals surface area contributed by atoms with Crippen molar-refractivity contribution in [2.24, 2.45) is 5.92 Å². The molecule has 0 atom stereocenters. The monoisotopic (exact) mass is 270 g/mol. The van der Waals surface area contributed by atoms with Crippen molar-refractivity contribution >= 4 is 22.4 Å². The third-order valence-electron chi connectivity index (χ3n) is 3.40. The molecule has 0 spiro atoms. The highest BCUT2D eigenvalue weighted by molar-refractivity contribution is 6.03. The summed E-state index contributed by atoms with van der Waals surface area (Å²) >= 11 is 0. The smallest absolute Gasteiger partial charge is 0.255 e. The van der Waals surface area contributed by atoms with E-state index in [1.54, 1.807) is 0 Å². The second-order valence-electron chi connectivity index (χ2n) is 5.52. The van der Waals surface area contributed by atoms with E-state index < -0.39 is 0 Å². The fourth-order valence-electron chi connectivity index (χ4n) is 2.41. The lowest BCUT2D eigenvalue weighted by atomic mass is 10.0. The number of fused-ring (bicyclic) bond motifs is 1. The third-order valence-corrected chi connectivity index (χ3v) is 3.40. The fraction of sp³-hybridized carbons (Fsp3) is 0.353. The predicted molar refractivity (Wildman–Crippen MR) is 84.8 cm³/mol. The molecule has 20 heavy (non-hydrogen) atoms. The maximum atomic E-state index is 12.6. The number of benzene rings is 2. The van der Waals surface area contributed by atoms with Crippen molar-refractivity contribution in [2.45, 2.75) is 20.8 Å². The van der Waals surface area contributed by atoms with Crippen molar-refractivity contribution in [3.05, 3.63) is 42.0 Å². The number of amides is 1. The van der Waals surface area contributed by atoms with E-state index in [1.807, 2.05) is 48.2 Å². The Hall–Kier alpha value is -2.03. The first-order valence-electron chi connectivity index (χ1n) is 7.10. The molecule has 1 amide bonds. The molecule has 0 aliphatic carbocycles. The van der Waals surface area contributed by atoms with Crippen LogP contribution < -0.4 is 5.73 Å². The Morgan fingerprint density at radius 3 is 2.35 bits per heavy atom. The lowest BCUT2D eigenvalue weighted by Crippen LogP contribution is -2.34. The Morgan fingerprint density at radius 2 is 1.80 bits per heavy atom. The van der Waals surface area contributed by atoms with Gasteiger partial charge in [-0.05, 0) is 35.7 Å². The van der Waals surface area contributed by atoms with E-state index in [1.165, 1.54) is 0 Å². The van der Waals surface area contributed by atoms with E-state index in [9.17, 15) is 4.79 Å². The van der Waals surface area contributed by atoms with Gasteiger partial charge in [0.05, 0.1) is 5.56 Å². The SMILES string of the molecule is CCN(CC(C)C)C(=O)c1cc2ccccc2cc1N. The van der Waals surface area contributed by atoms with Crippen LogP contribution in [-0.2, 0) is 0 Å². The van der Waals surface area contributed by atoms with Gasteiger partial charge in [0.1, 0.15) is 0 Å². The van der Waals surface area contributed by atoms with E-state index in [4.69, 9.17) is 5.73 Å². The number of hydrogen-bond donors (Lipinski definition) is 1. The second kappa shape index (κ2) is 5.95. The molecule has 2 aromatic rings. The van der Waals surface area contributed by atoms with Gasteiger partial charge in [-0.25, -0.2) is 0 Å². The first-order chi connectivity index (χ1) is 9.52. The molecule has 3 nitrogen and oxygen atoms in total. The molecule has 2 aromatic carbocycles. The second-order valence-corrected chi connectivity index (χ2v) is 5.52. The van der Waals surface area contributed by atoms with Gasteiger partial charge in [-0.15, -0.1) is 0 Å². The number of rotatable bonds is 4. The fourth-order valence-corrected chi connectivity index (χ4v) is 2.41. The predicted octanol–water partition coefficient (Wildman–Crippen LogP) is 3.54. The topological polar surface area (TPSA) is 46.3 Å². The van der Waals surface area contributed by atoms with Crippen LogP contribution in [-0.4, -0.2) is 23.9 Å². The molecule has 0 aromatic heterocycles. The molecule has 3 heteroatoms. The Kier molecular flexibility index (Phi) is 4.28. The summed E-state index contributed by atoms with van der Waals surface area (Å²) in [5.41, 5.74) is 7.22. The molecule has 0 fully saturated rings. The minimum Gasteiger partial charge on any atom is -0.398 e. The van der Waals surface area contributed by atoms with E-state index in [-0.39, 0.29) is 5.91 Å². The quantitative estimate of drug-likeness (QED) is 0.864. The molecule has 106 valence electrons. The summed E-state index contributed by atoms with van der Waals surface area (Å²) in [6.45, 7) is 7.67. The average Bonchev–Trinajstić information content (AvgIpc) is 2.43. The summed E-state index contributed by atoms with van der Waals surface area (Å²) in [7, 11) is 0. The van der Waals surface area contributed by atoms with Crippen LogP contribution >= 0.6 is 0 Å². The van der Waals surface area contributed by atoms with Gasteiger partial charge in [-0.2, -0.15) is 0 Å². The lowest BCUT2D eigenvalue weighted by Gasteiger charge is -2.23. The minimum absolute atomic E-state index is 0.0180. The maximum Gasteiger partial charge on any atom is 0.255 e. The molecule has 0 radical (unpaired) electrons. The first kappa shape index (κ1) is 14.4. The summed E-state index contributed by atoms with van der Waals surface area (Å²) in [4.78, 5) is 14.5. The third kappa shape index (κ3) is 2.93. The number of nitrogen functional groups attached to an aromatic ring is 1. The molecule has 0 unspecified atom stereocenters. The zero-order valence-electron chi connectivity index (χ0n) is 12.4. The number of anilines is 1. The van der Waals surface area contributed by atoms with Crippen molar-refractivity contribution in [3.63, 3.8) is 0 Å². The zero-order chi connectivity index (χ0) is 14.7. The van der Waals surface area contributed by atoms with Crippen molar-refractivity contribution in [1.29, 1.82) is 0 Å². The van der Waals surface area contributed by atoms with E-state index in [2.05, 4.69) is 13.8 Å². The summed E-state index contributed by atoms with van der Waals surface area (Å²) in [5.74, 6) is 0.463. The number of hydrogen-bond acceptors (Lipinski definition) is 2. The molecular weight excluding hydrogens is 248 g/mol. The van der Waals surface area contributed by atoms with Gasteiger partial charge < -0.3 is 10.6 Å². The zero-order valence-corrected chi connectivity index (χ0v) is 12.4. The normalized spacial score (nSPS) is 11.0. The molecule has 0 heterocycles. The van der Waals surface area contributed by atoms with Crippen molar-refractivity contribution < 1.29 is 4.79 Å². The highest BCUT2D eigenvalue weighted by atomic mass is 16.2. The van der Waals surface area contributed by atoms with E-state index in [0.29, 0.717) is 23.7 Å². The van der Waals surface area contributed by atoms with Crippen molar-refractivity contribution in [2.75, 3.05) is 18.8 Å². The van der Waals surface area contributed by atoms with Crippen LogP contribution in [0.2, 0.25) is 0 Å². The summed E-state index contributed by atoms with van der Waals surface area (Å²) in [6.07, 6.45) is 0. The molecule has 0 saturated heterocycles. The first-order valence-corrected chi connectivity index (χ1v) is 7.10. The molecule has 0 aliphatic heterocycles. The molecule has 0 aliphatic rings. The highest BCUT2D eigenvalue weighted by Crippen LogP contribution is 2.23. The summed E-state index contributed by atoms with van der Waals surface area (Å²) < 4.78 is 0. The standard InChI is InChI=1S/C17H22N2O/c1-4-19(11-12(2)3)17(20)15-9-13-7-5-6-8-14(13)10-16(15)18/h5-10,12H,4,11,18H2,1-3H3. The van der Waals surface area contributed by atoms with Gasteiger partial charge in [0.25, 0.3) is 5.91 Å². The van der Waals surface area contributed by atoms with Crippen LogP contribution in [0.25, 0.3) is 10.8 Å². The van der Waals surface area contributed by atoms with Gasteiger partial charge in [0, 0.05) is 18.8 Å². The molecule has 0 bridgehead atoms. The Bertz CT molecular complexity index is 619. The Morgan fingerprint density at radius 1 is 1.20 bits per heavy atom.